The third-order valence-corrected chi connectivity index (χ3v) is 3.14. The number of hydrogen-bond acceptors (Lipinski definition) is 3. The highest BCUT2D eigenvalue weighted by atomic mass is 35.5. The van der Waals surface area contributed by atoms with Crippen LogP contribution in [0.2, 0.25) is 0 Å². The molecule has 1 saturated carbocycles. The number of halogens is 2. The fraction of sp³-hybridized carbons (Fsp3) is 0.583. The van der Waals surface area contributed by atoms with Gasteiger partial charge in [0.1, 0.15) is 11.6 Å². The molecule has 0 bridgehead atoms. The largest absolute Gasteiger partial charge is 0.383 e. The molecule has 0 spiro atoms. The number of anilines is 1. The number of hydrogen-bond donors (Lipinski definition) is 0. The molecular weight excluding hydrogens is 243 g/mol. The Kier molecular flexibility index (Phi) is 4.18. The summed E-state index contributed by atoms with van der Waals surface area (Å²) in [7, 11) is 1.67. The molecule has 17 heavy (non-hydrogen) atoms. The second-order valence-corrected chi connectivity index (χ2v) is 4.45. The van der Waals surface area contributed by atoms with E-state index in [9.17, 15) is 4.39 Å². The van der Waals surface area contributed by atoms with Gasteiger partial charge in [-0.2, -0.15) is 0 Å². The molecule has 94 valence electrons. The monoisotopic (exact) mass is 258 g/mol. The summed E-state index contributed by atoms with van der Waals surface area (Å²) in [5.41, 5.74) is 0.745. The van der Waals surface area contributed by atoms with Crippen molar-refractivity contribution in [3.8, 4) is 0 Å². The number of nitrogens with zero attached hydrogens (tertiary/aromatic N) is 2. The van der Waals surface area contributed by atoms with E-state index in [1.807, 2.05) is 0 Å². The molecule has 1 aliphatic rings. The van der Waals surface area contributed by atoms with E-state index in [0.29, 0.717) is 12.6 Å². The standard InChI is InChI=1S/C12H16ClFN2O/c1-17-5-4-16(11-2-3-11)12-9(7-13)6-10(14)8-15-12/h6,8,11H,2-5,7H2,1H3. The van der Waals surface area contributed by atoms with Gasteiger partial charge in [0.25, 0.3) is 0 Å². The van der Waals surface area contributed by atoms with Crippen LogP contribution in [0, 0.1) is 5.82 Å². The molecule has 5 heteroatoms. The van der Waals surface area contributed by atoms with E-state index in [1.165, 1.54) is 12.3 Å². The molecule has 1 heterocycles. The summed E-state index contributed by atoms with van der Waals surface area (Å²) >= 11 is 5.84. The first-order valence-electron chi connectivity index (χ1n) is 5.72. The molecule has 0 radical (unpaired) electrons. The first-order valence-corrected chi connectivity index (χ1v) is 6.25. The summed E-state index contributed by atoms with van der Waals surface area (Å²) in [4.78, 5) is 6.34. The van der Waals surface area contributed by atoms with Crippen LogP contribution in [0.15, 0.2) is 12.3 Å². The van der Waals surface area contributed by atoms with Gasteiger partial charge >= 0.3 is 0 Å². The van der Waals surface area contributed by atoms with E-state index in [-0.39, 0.29) is 11.7 Å². The molecular formula is C12H16ClFN2O. The van der Waals surface area contributed by atoms with Crippen LogP contribution in [-0.4, -0.2) is 31.3 Å². The SMILES string of the molecule is COCCN(c1ncc(F)cc1CCl)C1CC1. The zero-order valence-electron chi connectivity index (χ0n) is 9.83. The lowest BCUT2D eigenvalue weighted by Gasteiger charge is -2.25. The summed E-state index contributed by atoms with van der Waals surface area (Å²) in [6.07, 6.45) is 3.56. The normalized spacial score (nSPS) is 15.0. The van der Waals surface area contributed by atoms with Crippen LogP contribution in [0.1, 0.15) is 18.4 Å². The van der Waals surface area contributed by atoms with E-state index in [2.05, 4.69) is 9.88 Å². The van der Waals surface area contributed by atoms with E-state index in [1.54, 1.807) is 7.11 Å². The van der Waals surface area contributed by atoms with E-state index < -0.39 is 0 Å². The number of ether oxygens (including phenoxy) is 1. The molecule has 0 amide bonds. The van der Waals surface area contributed by atoms with Crippen LogP contribution in [0.3, 0.4) is 0 Å². The number of pyridine rings is 1. The zero-order valence-corrected chi connectivity index (χ0v) is 10.6. The lowest BCUT2D eigenvalue weighted by molar-refractivity contribution is 0.204. The van der Waals surface area contributed by atoms with Crippen LogP contribution in [0.25, 0.3) is 0 Å². The Labute approximate surface area is 106 Å². The van der Waals surface area contributed by atoms with Crippen LogP contribution < -0.4 is 4.90 Å². The van der Waals surface area contributed by atoms with Gasteiger partial charge in [0.05, 0.1) is 18.7 Å². The molecule has 0 saturated heterocycles. The van der Waals surface area contributed by atoms with Gasteiger partial charge < -0.3 is 9.64 Å². The lowest BCUT2D eigenvalue weighted by atomic mass is 10.2. The maximum Gasteiger partial charge on any atom is 0.141 e. The molecule has 0 atom stereocenters. The van der Waals surface area contributed by atoms with Gasteiger partial charge in [-0.05, 0) is 18.9 Å². The number of methoxy groups -OCH3 is 1. The molecule has 1 aromatic heterocycles. The van der Waals surface area contributed by atoms with E-state index in [4.69, 9.17) is 16.3 Å². The van der Waals surface area contributed by atoms with Crippen LogP contribution in [-0.2, 0) is 10.6 Å². The third kappa shape index (κ3) is 3.07. The van der Waals surface area contributed by atoms with E-state index >= 15 is 0 Å². The Morgan fingerprint density at radius 1 is 1.59 bits per heavy atom. The van der Waals surface area contributed by atoms with E-state index in [0.717, 1.165) is 30.8 Å². The van der Waals surface area contributed by atoms with Crippen molar-refractivity contribution in [2.45, 2.75) is 24.8 Å². The van der Waals surface area contributed by atoms with Gasteiger partial charge in [-0.1, -0.05) is 0 Å². The van der Waals surface area contributed by atoms with Gasteiger partial charge in [-0.15, -0.1) is 11.6 Å². The number of rotatable bonds is 6. The lowest BCUT2D eigenvalue weighted by Crippen LogP contribution is -2.31. The summed E-state index contributed by atoms with van der Waals surface area (Å²) in [6, 6.07) is 1.96. The number of aromatic nitrogens is 1. The third-order valence-electron chi connectivity index (χ3n) is 2.85. The summed E-state index contributed by atoms with van der Waals surface area (Å²) in [5, 5.41) is 0. The predicted octanol–water partition coefficient (Wildman–Crippen LogP) is 2.57. The first kappa shape index (κ1) is 12.6. The topological polar surface area (TPSA) is 25.4 Å². The van der Waals surface area contributed by atoms with Crippen LogP contribution in [0.4, 0.5) is 10.2 Å². The molecule has 1 aliphatic carbocycles. The quantitative estimate of drug-likeness (QED) is 0.734. The molecule has 0 aliphatic heterocycles. The van der Waals surface area contributed by atoms with Crippen molar-refractivity contribution in [2.75, 3.05) is 25.2 Å². The van der Waals surface area contributed by atoms with Gasteiger partial charge in [-0.3, -0.25) is 0 Å². The van der Waals surface area contributed by atoms with Crippen molar-refractivity contribution in [3.63, 3.8) is 0 Å². The fourth-order valence-corrected chi connectivity index (χ4v) is 2.06. The minimum atomic E-state index is -0.341. The average Bonchev–Trinajstić information content (AvgIpc) is 3.15. The molecule has 1 fully saturated rings. The molecule has 3 nitrogen and oxygen atoms in total. The molecule has 0 unspecified atom stereocenters. The second kappa shape index (κ2) is 5.65. The van der Waals surface area contributed by atoms with Crippen molar-refractivity contribution in [1.29, 1.82) is 0 Å². The Balaban J connectivity index is 2.21. The summed E-state index contributed by atoms with van der Waals surface area (Å²) < 4.78 is 18.2. The number of alkyl halides is 1. The van der Waals surface area contributed by atoms with Crippen molar-refractivity contribution in [2.24, 2.45) is 0 Å². The highest BCUT2D eigenvalue weighted by molar-refractivity contribution is 6.17. The molecule has 0 N–H and O–H groups in total. The summed E-state index contributed by atoms with van der Waals surface area (Å²) in [6.45, 7) is 1.40. The highest BCUT2D eigenvalue weighted by Gasteiger charge is 2.30. The predicted molar refractivity (Wildman–Crippen MR) is 66.0 cm³/mol. The van der Waals surface area contributed by atoms with Crippen molar-refractivity contribution in [1.82, 2.24) is 4.98 Å². The van der Waals surface area contributed by atoms with Gasteiger partial charge in [0.15, 0.2) is 0 Å². The van der Waals surface area contributed by atoms with Crippen molar-refractivity contribution in [3.05, 3.63) is 23.6 Å². The zero-order chi connectivity index (χ0) is 12.3. The van der Waals surface area contributed by atoms with Crippen LogP contribution >= 0.6 is 11.6 Å². The Bertz CT molecular complexity index is 385. The summed E-state index contributed by atoms with van der Waals surface area (Å²) in [5.74, 6) is 0.726. The van der Waals surface area contributed by atoms with Crippen molar-refractivity contribution >= 4 is 17.4 Å². The van der Waals surface area contributed by atoms with Gasteiger partial charge in [-0.25, -0.2) is 9.37 Å². The smallest absolute Gasteiger partial charge is 0.141 e. The van der Waals surface area contributed by atoms with Crippen molar-refractivity contribution < 1.29 is 9.13 Å². The average molecular weight is 259 g/mol. The minimum absolute atomic E-state index is 0.274. The first-order chi connectivity index (χ1) is 8.26. The molecule has 1 aromatic rings. The minimum Gasteiger partial charge on any atom is -0.383 e. The Morgan fingerprint density at radius 3 is 2.94 bits per heavy atom. The Morgan fingerprint density at radius 2 is 2.35 bits per heavy atom. The molecule has 0 aromatic carbocycles. The van der Waals surface area contributed by atoms with Gasteiger partial charge in [0.2, 0.25) is 0 Å². The second-order valence-electron chi connectivity index (χ2n) is 4.19. The maximum atomic E-state index is 13.1. The molecule has 2 rings (SSSR count). The highest BCUT2D eigenvalue weighted by Crippen LogP contribution is 2.32. The maximum absolute atomic E-state index is 13.1. The van der Waals surface area contributed by atoms with Gasteiger partial charge in [0, 0.05) is 25.3 Å². The fourth-order valence-electron chi connectivity index (χ4n) is 1.87. The van der Waals surface area contributed by atoms with Crippen LogP contribution in [0.5, 0.6) is 0 Å². The Hall–Kier alpha value is -0.870.